The number of hydrogen-bond acceptors (Lipinski definition) is 5. The summed E-state index contributed by atoms with van der Waals surface area (Å²) in [5, 5.41) is 13.8. The summed E-state index contributed by atoms with van der Waals surface area (Å²) in [6, 6.07) is 17.5. The molecule has 27 heavy (non-hydrogen) atoms. The fraction of sp³-hybridized carbons (Fsp3) is 0.250. The number of carbonyl (C=O) groups is 1. The fourth-order valence-electron chi connectivity index (χ4n) is 3.49. The fourth-order valence-corrected chi connectivity index (χ4v) is 3.49. The Bertz CT molecular complexity index is 938. The first-order valence-electron chi connectivity index (χ1n) is 8.79. The van der Waals surface area contributed by atoms with E-state index >= 15 is 0 Å². The van der Waals surface area contributed by atoms with Gasteiger partial charge in [-0.2, -0.15) is 4.98 Å². The van der Waals surface area contributed by atoms with Crippen molar-refractivity contribution in [2.24, 2.45) is 5.92 Å². The summed E-state index contributed by atoms with van der Waals surface area (Å²) < 4.78 is 7.52. The zero-order valence-corrected chi connectivity index (χ0v) is 14.7. The third-order valence-electron chi connectivity index (χ3n) is 4.90. The second-order valence-corrected chi connectivity index (χ2v) is 6.67. The lowest BCUT2D eigenvalue weighted by Gasteiger charge is -2.29. The third kappa shape index (κ3) is 3.62. The van der Waals surface area contributed by atoms with Crippen LogP contribution in [0.3, 0.4) is 0 Å². The number of aromatic nitrogens is 3. The van der Waals surface area contributed by atoms with E-state index in [1.54, 1.807) is 4.68 Å². The lowest BCUT2D eigenvalue weighted by Crippen LogP contribution is -2.33. The van der Waals surface area contributed by atoms with Crippen LogP contribution in [0.1, 0.15) is 22.9 Å². The van der Waals surface area contributed by atoms with Gasteiger partial charge in [-0.1, -0.05) is 42.5 Å². The van der Waals surface area contributed by atoms with E-state index in [2.05, 4.69) is 10.1 Å². The number of nitrogens with zero attached hydrogens (tertiary/aromatic N) is 3. The molecule has 3 aromatic rings. The van der Waals surface area contributed by atoms with Crippen molar-refractivity contribution in [2.45, 2.75) is 25.5 Å². The van der Waals surface area contributed by atoms with Gasteiger partial charge >= 0.3 is 5.97 Å². The number of rotatable bonds is 5. The molecule has 4 rings (SSSR count). The molecule has 0 amide bonds. The molecule has 0 saturated carbocycles. The van der Waals surface area contributed by atoms with Gasteiger partial charge in [0.05, 0.1) is 12.5 Å². The largest absolute Gasteiger partial charge is 0.489 e. The molecular weight excluding hydrogens is 344 g/mol. The molecule has 7 nitrogen and oxygen atoms in total. The van der Waals surface area contributed by atoms with Crippen LogP contribution in [-0.2, 0) is 24.4 Å². The molecule has 0 bridgehead atoms. The van der Waals surface area contributed by atoms with Crippen molar-refractivity contribution in [3.05, 3.63) is 71.5 Å². The summed E-state index contributed by atoms with van der Waals surface area (Å²) in [5.74, 6) is -0.0388. The number of ether oxygens (including phenoxy) is 1. The number of nitrogen functional groups attached to an aromatic ring is 1. The van der Waals surface area contributed by atoms with Crippen LogP contribution in [0.25, 0.3) is 0 Å². The van der Waals surface area contributed by atoms with Crippen molar-refractivity contribution in [2.75, 3.05) is 5.73 Å². The van der Waals surface area contributed by atoms with Crippen LogP contribution in [0, 0.1) is 5.92 Å². The Hall–Kier alpha value is -3.35. The molecule has 1 aromatic heterocycles. The van der Waals surface area contributed by atoms with Crippen molar-refractivity contribution < 1.29 is 14.6 Å². The Labute approximate surface area is 156 Å². The predicted molar refractivity (Wildman–Crippen MR) is 99.2 cm³/mol. The van der Waals surface area contributed by atoms with Gasteiger partial charge in [-0.15, -0.1) is 5.10 Å². The summed E-state index contributed by atoms with van der Waals surface area (Å²) in [7, 11) is 0. The highest BCUT2D eigenvalue weighted by atomic mass is 16.5. The molecule has 7 heteroatoms. The normalized spacial score (nSPS) is 18.7. The number of hydrogen-bond donors (Lipinski definition) is 2. The lowest BCUT2D eigenvalue weighted by atomic mass is 9.81. The van der Waals surface area contributed by atoms with Gasteiger partial charge in [0.1, 0.15) is 18.2 Å². The van der Waals surface area contributed by atoms with E-state index < -0.39 is 11.9 Å². The highest BCUT2D eigenvalue weighted by Gasteiger charge is 2.36. The zero-order chi connectivity index (χ0) is 18.8. The molecule has 2 heterocycles. The van der Waals surface area contributed by atoms with E-state index in [1.807, 2.05) is 54.6 Å². The molecule has 1 aliphatic heterocycles. The minimum atomic E-state index is -0.836. The Balaban J connectivity index is 1.51. The molecule has 0 spiro atoms. The van der Waals surface area contributed by atoms with Gasteiger partial charge in [0, 0.05) is 12.3 Å². The van der Waals surface area contributed by atoms with Gasteiger partial charge < -0.3 is 15.6 Å². The number of benzene rings is 2. The molecule has 1 aliphatic rings. The smallest absolute Gasteiger partial charge is 0.307 e. The van der Waals surface area contributed by atoms with E-state index in [4.69, 9.17) is 10.5 Å². The SMILES string of the molecule is Nc1nc2n(n1)CC(c1ccc(OCc3ccccc3)cc1)C(C(=O)O)C2. The van der Waals surface area contributed by atoms with Crippen molar-refractivity contribution in [1.29, 1.82) is 0 Å². The van der Waals surface area contributed by atoms with Gasteiger partial charge in [0.15, 0.2) is 0 Å². The minimum Gasteiger partial charge on any atom is -0.489 e. The van der Waals surface area contributed by atoms with Crippen molar-refractivity contribution in [1.82, 2.24) is 14.8 Å². The average Bonchev–Trinajstić information content (AvgIpc) is 3.05. The first kappa shape index (κ1) is 17.1. The molecule has 0 fully saturated rings. The monoisotopic (exact) mass is 364 g/mol. The molecule has 0 aliphatic carbocycles. The molecule has 138 valence electrons. The predicted octanol–water partition coefficient (Wildman–Crippen LogP) is 2.48. The number of nitrogens with two attached hydrogens (primary N) is 1. The Morgan fingerprint density at radius 1 is 1.19 bits per heavy atom. The molecule has 2 atom stereocenters. The van der Waals surface area contributed by atoms with E-state index in [1.165, 1.54) is 0 Å². The summed E-state index contributed by atoms with van der Waals surface area (Å²) in [6.07, 6.45) is 0.316. The van der Waals surface area contributed by atoms with Crippen molar-refractivity contribution in [3.63, 3.8) is 0 Å². The number of fused-ring (bicyclic) bond motifs is 1. The highest BCUT2D eigenvalue weighted by molar-refractivity contribution is 5.72. The summed E-state index contributed by atoms with van der Waals surface area (Å²) >= 11 is 0. The maximum absolute atomic E-state index is 11.8. The molecule has 2 unspecified atom stereocenters. The number of carboxylic acids is 1. The lowest BCUT2D eigenvalue weighted by molar-refractivity contribution is -0.143. The minimum absolute atomic E-state index is 0.180. The summed E-state index contributed by atoms with van der Waals surface area (Å²) in [4.78, 5) is 15.9. The number of aliphatic carboxylic acids is 1. The maximum atomic E-state index is 11.8. The Morgan fingerprint density at radius 3 is 2.63 bits per heavy atom. The van der Waals surface area contributed by atoms with Gasteiger partial charge in [-0.05, 0) is 23.3 Å². The summed E-state index contributed by atoms with van der Waals surface area (Å²) in [6.45, 7) is 0.934. The van der Waals surface area contributed by atoms with Crippen LogP contribution >= 0.6 is 0 Å². The van der Waals surface area contributed by atoms with Crippen LogP contribution in [-0.4, -0.2) is 25.8 Å². The van der Waals surface area contributed by atoms with Crippen molar-refractivity contribution in [3.8, 4) is 5.75 Å². The van der Waals surface area contributed by atoms with Crippen LogP contribution in [0.2, 0.25) is 0 Å². The van der Waals surface area contributed by atoms with Gasteiger partial charge in [0.25, 0.3) is 0 Å². The first-order chi connectivity index (χ1) is 13.1. The van der Waals surface area contributed by atoms with Crippen LogP contribution < -0.4 is 10.5 Å². The standard InChI is InChI=1S/C20H20N4O3/c21-20-22-18-10-16(19(25)26)17(11-24(18)23-20)14-6-8-15(9-7-14)27-12-13-4-2-1-3-5-13/h1-9,16-17H,10-12H2,(H2,21,23)(H,25,26). The molecule has 3 N–H and O–H groups in total. The van der Waals surface area contributed by atoms with Crippen molar-refractivity contribution >= 4 is 11.9 Å². The van der Waals surface area contributed by atoms with Gasteiger partial charge in [-0.3, -0.25) is 4.79 Å². The van der Waals surface area contributed by atoms with Crippen LogP contribution in [0.5, 0.6) is 5.75 Å². The van der Waals surface area contributed by atoms with Crippen LogP contribution in [0.15, 0.2) is 54.6 Å². The first-order valence-corrected chi connectivity index (χ1v) is 8.79. The van der Waals surface area contributed by atoms with E-state index in [9.17, 15) is 9.90 Å². The number of anilines is 1. The van der Waals surface area contributed by atoms with Crippen LogP contribution in [0.4, 0.5) is 5.95 Å². The second-order valence-electron chi connectivity index (χ2n) is 6.67. The maximum Gasteiger partial charge on any atom is 0.307 e. The van der Waals surface area contributed by atoms with E-state index in [-0.39, 0.29) is 11.9 Å². The number of carboxylic acid groups (broad SMARTS) is 1. The quantitative estimate of drug-likeness (QED) is 0.721. The Morgan fingerprint density at radius 2 is 1.93 bits per heavy atom. The van der Waals surface area contributed by atoms with Gasteiger partial charge in [-0.25, -0.2) is 4.68 Å². The molecule has 0 radical (unpaired) electrons. The highest BCUT2D eigenvalue weighted by Crippen LogP contribution is 2.34. The Kier molecular flexibility index (Phi) is 4.50. The summed E-state index contributed by atoms with van der Waals surface area (Å²) in [5.41, 5.74) is 7.69. The second kappa shape index (κ2) is 7.11. The average molecular weight is 364 g/mol. The molecular formula is C20H20N4O3. The van der Waals surface area contributed by atoms with E-state index in [0.29, 0.717) is 25.4 Å². The zero-order valence-electron chi connectivity index (χ0n) is 14.7. The van der Waals surface area contributed by atoms with E-state index in [0.717, 1.165) is 16.9 Å². The third-order valence-corrected chi connectivity index (χ3v) is 4.90. The van der Waals surface area contributed by atoms with Gasteiger partial charge in [0.2, 0.25) is 5.95 Å². The molecule has 2 aromatic carbocycles. The molecule has 0 saturated heterocycles. The topological polar surface area (TPSA) is 103 Å².